The maximum atomic E-state index is 12.2. The van der Waals surface area contributed by atoms with Crippen molar-refractivity contribution in [1.82, 2.24) is 15.3 Å². The number of imide groups is 1. The van der Waals surface area contributed by atoms with Crippen molar-refractivity contribution < 1.29 is 19.1 Å². The highest BCUT2D eigenvalue weighted by Crippen LogP contribution is 2.26. The summed E-state index contributed by atoms with van der Waals surface area (Å²) in [5, 5.41) is 1.79. The lowest BCUT2D eigenvalue weighted by Crippen LogP contribution is -2.30. The molecule has 0 aliphatic carbocycles. The third-order valence-corrected chi connectivity index (χ3v) is 4.93. The van der Waals surface area contributed by atoms with Gasteiger partial charge >= 0.3 is 5.69 Å². The Balaban J connectivity index is 1.47. The van der Waals surface area contributed by atoms with E-state index in [0.29, 0.717) is 17.1 Å². The van der Waals surface area contributed by atoms with Crippen LogP contribution < -0.4 is 27.0 Å². The molecule has 2 amide bonds. The molecule has 5 N–H and O–H groups in total. The predicted octanol–water partition coefficient (Wildman–Crippen LogP) is 0.815. The van der Waals surface area contributed by atoms with Crippen LogP contribution in [0.3, 0.4) is 0 Å². The number of carbonyl (C=O) groups is 3. The van der Waals surface area contributed by atoms with Gasteiger partial charge in [-0.15, -0.1) is 0 Å². The van der Waals surface area contributed by atoms with E-state index >= 15 is 0 Å². The Bertz CT molecular complexity index is 1090. The van der Waals surface area contributed by atoms with Gasteiger partial charge in [0.15, 0.2) is 5.78 Å². The van der Waals surface area contributed by atoms with Crippen molar-refractivity contribution in [2.24, 2.45) is 5.73 Å². The van der Waals surface area contributed by atoms with Crippen molar-refractivity contribution in [2.75, 3.05) is 6.61 Å². The molecule has 2 aromatic rings. The van der Waals surface area contributed by atoms with Crippen molar-refractivity contribution in [2.45, 2.75) is 18.9 Å². The molecule has 1 unspecified atom stereocenters. The molecular formula is C19H18N4O6S. The van der Waals surface area contributed by atoms with Crippen molar-refractivity contribution in [3.63, 3.8) is 0 Å². The quantitative estimate of drug-likeness (QED) is 0.353. The van der Waals surface area contributed by atoms with Crippen LogP contribution in [0.1, 0.15) is 30.1 Å². The molecule has 1 aliphatic rings. The number of hydrogen-bond acceptors (Lipinski definition) is 8. The van der Waals surface area contributed by atoms with Crippen molar-refractivity contribution in [3.8, 4) is 5.75 Å². The van der Waals surface area contributed by atoms with E-state index in [1.165, 1.54) is 0 Å². The number of amides is 2. The summed E-state index contributed by atoms with van der Waals surface area (Å²) in [5.41, 5.74) is 5.26. The molecule has 1 atom stereocenters. The molecule has 3 rings (SSSR count). The van der Waals surface area contributed by atoms with Crippen LogP contribution in [0.15, 0.2) is 44.8 Å². The highest BCUT2D eigenvalue weighted by molar-refractivity contribution is 8.18. The Kier molecular flexibility index (Phi) is 6.65. The van der Waals surface area contributed by atoms with Gasteiger partial charge in [-0.25, -0.2) is 4.79 Å². The minimum Gasteiger partial charge on any atom is -0.494 e. The van der Waals surface area contributed by atoms with E-state index in [4.69, 9.17) is 10.5 Å². The molecule has 11 heteroatoms. The molecule has 156 valence electrons. The van der Waals surface area contributed by atoms with Crippen LogP contribution >= 0.6 is 11.8 Å². The molecule has 1 aromatic carbocycles. The van der Waals surface area contributed by atoms with Gasteiger partial charge in [0.05, 0.1) is 11.5 Å². The minimum absolute atomic E-state index is 0.0650. The van der Waals surface area contributed by atoms with Crippen molar-refractivity contribution in [1.29, 1.82) is 0 Å². The monoisotopic (exact) mass is 430 g/mol. The fraction of sp³-hybridized carbons (Fsp3) is 0.211. The van der Waals surface area contributed by atoms with Gasteiger partial charge in [-0.1, -0.05) is 12.1 Å². The molecule has 1 aliphatic heterocycles. The zero-order valence-corrected chi connectivity index (χ0v) is 16.4. The van der Waals surface area contributed by atoms with Gasteiger partial charge in [0, 0.05) is 18.2 Å². The number of thioether (sulfide) groups is 1. The number of H-pyrrole nitrogens is 2. The van der Waals surface area contributed by atoms with Gasteiger partial charge in [0.2, 0.25) is 0 Å². The van der Waals surface area contributed by atoms with Crippen LogP contribution in [-0.4, -0.2) is 33.5 Å². The van der Waals surface area contributed by atoms with Crippen LogP contribution in [0.4, 0.5) is 4.79 Å². The largest absolute Gasteiger partial charge is 0.494 e. The van der Waals surface area contributed by atoms with Crippen molar-refractivity contribution >= 4 is 34.8 Å². The normalized spacial score (nSPS) is 15.8. The zero-order chi connectivity index (χ0) is 21.7. The van der Waals surface area contributed by atoms with Gasteiger partial charge in [0.25, 0.3) is 16.7 Å². The maximum absolute atomic E-state index is 12.2. The Morgan fingerprint density at radius 3 is 2.50 bits per heavy atom. The summed E-state index contributed by atoms with van der Waals surface area (Å²) in [6.07, 6.45) is 2.11. The molecule has 1 fully saturated rings. The lowest BCUT2D eigenvalue weighted by atomic mass is 10.1. The predicted molar refractivity (Wildman–Crippen MR) is 110 cm³/mol. The summed E-state index contributed by atoms with van der Waals surface area (Å²) >= 11 is 0.844. The number of nitrogens with two attached hydrogens (primary N) is 1. The first kappa shape index (κ1) is 21.3. The van der Waals surface area contributed by atoms with E-state index in [2.05, 4.69) is 10.3 Å². The van der Waals surface area contributed by atoms with Crippen LogP contribution in [0.2, 0.25) is 0 Å². The first-order valence-electron chi connectivity index (χ1n) is 8.91. The lowest BCUT2D eigenvalue weighted by molar-refractivity contribution is -0.120. The van der Waals surface area contributed by atoms with Gasteiger partial charge in [-0.2, -0.15) is 0 Å². The van der Waals surface area contributed by atoms with E-state index < -0.39 is 28.4 Å². The molecule has 1 aromatic heterocycles. The molecular weight excluding hydrogens is 412 g/mol. The zero-order valence-electron chi connectivity index (χ0n) is 15.6. The number of aromatic amines is 2. The van der Waals surface area contributed by atoms with Gasteiger partial charge < -0.3 is 15.5 Å². The smallest absolute Gasteiger partial charge is 0.325 e. The summed E-state index contributed by atoms with van der Waals surface area (Å²) in [5.74, 6) is -0.173. The summed E-state index contributed by atoms with van der Waals surface area (Å²) in [6.45, 7) is 0.261. The molecule has 30 heavy (non-hydrogen) atoms. The first-order chi connectivity index (χ1) is 14.3. The molecule has 1 saturated heterocycles. The highest BCUT2D eigenvalue weighted by Gasteiger charge is 2.24. The topological polar surface area (TPSA) is 164 Å². The summed E-state index contributed by atoms with van der Waals surface area (Å²) in [7, 11) is 0. The van der Waals surface area contributed by atoms with Crippen LogP contribution in [0, 0.1) is 0 Å². The second-order valence-electron chi connectivity index (χ2n) is 6.36. The maximum Gasteiger partial charge on any atom is 0.325 e. The average molecular weight is 430 g/mol. The third-order valence-electron chi connectivity index (χ3n) is 4.12. The second-order valence-corrected chi connectivity index (χ2v) is 7.38. The van der Waals surface area contributed by atoms with Crippen LogP contribution in [0.25, 0.3) is 6.08 Å². The Morgan fingerprint density at radius 2 is 1.87 bits per heavy atom. The summed E-state index contributed by atoms with van der Waals surface area (Å²) < 4.78 is 5.58. The van der Waals surface area contributed by atoms with E-state index in [0.717, 1.165) is 23.4 Å². The molecule has 0 saturated carbocycles. The molecule has 0 radical (unpaired) electrons. The van der Waals surface area contributed by atoms with Crippen molar-refractivity contribution in [3.05, 3.63) is 67.3 Å². The number of ether oxygens (including phenoxy) is 1. The lowest BCUT2D eigenvalue weighted by Gasteiger charge is -2.10. The summed E-state index contributed by atoms with van der Waals surface area (Å²) in [6, 6.07) is 6.89. The standard InChI is InChI=1S/C19H18N4O6S/c20-16(12-9-15(25)22-18(27)21-12)13(24)2-1-7-29-11-5-3-10(4-6-11)8-14-17(26)23-19(28)30-14/h3-6,8-9,16H,1-2,7,20H2,(H,23,26,28)(H2,21,22,25,27). The van der Waals surface area contributed by atoms with Gasteiger partial charge in [0.1, 0.15) is 11.8 Å². The fourth-order valence-corrected chi connectivity index (χ4v) is 3.34. The number of benzene rings is 1. The number of aromatic nitrogens is 2. The number of carbonyl (C=O) groups excluding carboxylic acids is 3. The molecule has 10 nitrogen and oxygen atoms in total. The first-order valence-corrected chi connectivity index (χ1v) is 9.73. The van der Waals surface area contributed by atoms with Gasteiger partial charge in [-0.05, 0) is 42.0 Å². The number of hydrogen-bond donors (Lipinski definition) is 4. The molecule has 2 heterocycles. The number of nitrogens with one attached hydrogen (secondary N) is 3. The van der Waals surface area contributed by atoms with E-state index in [-0.39, 0.29) is 24.5 Å². The molecule has 0 spiro atoms. The van der Waals surface area contributed by atoms with E-state index in [1.807, 2.05) is 4.98 Å². The number of rotatable bonds is 8. The average Bonchev–Trinajstić information content (AvgIpc) is 3.01. The van der Waals surface area contributed by atoms with Crippen LogP contribution in [0.5, 0.6) is 5.75 Å². The summed E-state index contributed by atoms with van der Waals surface area (Å²) in [4.78, 5) is 62.1. The Morgan fingerprint density at radius 1 is 1.13 bits per heavy atom. The Labute approximate surface area is 173 Å². The number of ketones is 1. The SMILES string of the molecule is NC(C(=O)CCCOc1ccc(C=C2SC(=O)NC2=O)cc1)c1cc(=O)[nH]c(=O)[nH]1. The van der Waals surface area contributed by atoms with Crippen LogP contribution in [-0.2, 0) is 9.59 Å². The second kappa shape index (κ2) is 9.37. The fourth-order valence-electron chi connectivity index (χ4n) is 2.65. The highest BCUT2D eigenvalue weighted by atomic mass is 32.2. The molecule has 0 bridgehead atoms. The minimum atomic E-state index is -1.09. The van der Waals surface area contributed by atoms with E-state index in [1.54, 1.807) is 30.3 Å². The third kappa shape index (κ3) is 5.55. The van der Waals surface area contributed by atoms with E-state index in [9.17, 15) is 24.0 Å². The Hall–Kier alpha value is -3.44. The number of Topliss-reactive ketones (excluding diaryl/α,β-unsaturated/α-hetero) is 1. The van der Waals surface area contributed by atoms with Gasteiger partial charge in [-0.3, -0.25) is 29.5 Å².